The zero-order chi connectivity index (χ0) is 14.7. The molecule has 3 rings (SSSR count). The van der Waals surface area contributed by atoms with Gasteiger partial charge in [0.1, 0.15) is 5.82 Å². The molecule has 0 spiro atoms. The van der Waals surface area contributed by atoms with Crippen molar-refractivity contribution >= 4 is 11.5 Å². The molecule has 1 aliphatic carbocycles. The third kappa shape index (κ3) is 3.18. The molecule has 2 aromatic heterocycles. The van der Waals surface area contributed by atoms with E-state index >= 15 is 0 Å². The van der Waals surface area contributed by atoms with E-state index < -0.39 is 5.60 Å². The molecular weight excluding hydrogens is 264 g/mol. The van der Waals surface area contributed by atoms with E-state index in [0.717, 1.165) is 55.7 Å². The Kier molecular flexibility index (Phi) is 4.10. The van der Waals surface area contributed by atoms with Crippen LogP contribution in [0.4, 0.5) is 5.82 Å². The minimum absolute atomic E-state index is 0.577. The molecule has 5 nitrogen and oxygen atoms in total. The summed E-state index contributed by atoms with van der Waals surface area (Å²) in [6.07, 6.45) is 9.03. The van der Waals surface area contributed by atoms with Crippen LogP contribution in [0.5, 0.6) is 0 Å². The summed E-state index contributed by atoms with van der Waals surface area (Å²) in [4.78, 5) is 4.60. The van der Waals surface area contributed by atoms with Gasteiger partial charge in [-0.15, -0.1) is 0 Å². The smallest absolute Gasteiger partial charge is 0.157 e. The molecule has 2 heterocycles. The zero-order valence-corrected chi connectivity index (χ0v) is 12.7. The highest BCUT2D eigenvalue weighted by Crippen LogP contribution is 2.28. The molecule has 0 aromatic carbocycles. The van der Waals surface area contributed by atoms with Crippen LogP contribution in [0, 0.1) is 0 Å². The summed E-state index contributed by atoms with van der Waals surface area (Å²) in [5.41, 5.74) is 1.36. The van der Waals surface area contributed by atoms with Crippen LogP contribution < -0.4 is 5.32 Å². The largest absolute Gasteiger partial charge is 0.388 e. The van der Waals surface area contributed by atoms with Crippen LogP contribution in [0.3, 0.4) is 0 Å². The lowest BCUT2D eigenvalue weighted by molar-refractivity contribution is 0.0166. The number of hydrogen-bond donors (Lipinski definition) is 2. The minimum Gasteiger partial charge on any atom is -0.388 e. The summed E-state index contributed by atoms with van der Waals surface area (Å²) >= 11 is 0. The number of rotatable bonds is 5. The maximum absolute atomic E-state index is 10.6. The lowest BCUT2D eigenvalue weighted by Gasteiger charge is -2.32. The Morgan fingerprint density at radius 1 is 1.33 bits per heavy atom. The summed E-state index contributed by atoms with van der Waals surface area (Å²) in [6.45, 7) is 2.73. The molecule has 0 bridgehead atoms. The van der Waals surface area contributed by atoms with Crippen LogP contribution in [0.15, 0.2) is 18.3 Å². The molecule has 114 valence electrons. The first kappa shape index (κ1) is 14.3. The van der Waals surface area contributed by atoms with Crippen molar-refractivity contribution in [3.05, 3.63) is 24.0 Å². The Labute approximate surface area is 125 Å². The van der Waals surface area contributed by atoms with Gasteiger partial charge < -0.3 is 10.4 Å². The van der Waals surface area contributed by atoms with E-state index in [0.29, 0.717) is 6.54 Å². The third-order valence-corrected chi connectivity index (χ3v) is 4.30. The van der Waals surface area contributed by atoms with E-state index in [4.69, 9.17) is 0 Å². The van der Waals surface area contributed by atoms with Crippen LogP contribution in [-0.4, -0.2) is 31.9 Å². The lowest BCUT2D eigenvalue weighted by atomic mass is 9.85. The van der Waals surface area contributed by atoms with Crippen molar-refractivity contribution in [1.29, 1.82) is 0 Å². The predicted octanol–water partition coefficient (Wildman–Crippen LogP) is 2.79. The maximum atomic E-state index is 10.6. The van der Waals surface area contributed by atoms with E-state index in [9.17, 15) is 5.11 Å². The number of anilines is 1. The first-order chi connectivity index (χ1) is 10.2. The normalized spacial score (nSPS) is 18.0. The zero-order valence-electron chi connectivity index (χ0n) is 12.7. The van der Waals surface area contributed by atoms with Gasteiger partial charge in [0, 0.05) is 24.4 Å². The highest BCUT2D eigenvalue weighted by molar-refractivity contribution is 5.49. The molecule has 5 heteroatoms. The number of aryl methyl sites for hydroxylation is 1. The van der Waals surface area contributed by atoms with Crippen molar-refractivity contribution in [2.75, 3.05) is 11.9 Å². The highest BCUT2D eigenvalue weighted by atomic mass is 16.3. The van der Waals surface area contributed by atoms with Crippen molar-refractivity contribution in [2.24, 2.45) is 0 Å². The van der Waals surface area contributed by atoms with Crippen LogP contribution >= 0.6 is 0 Å². The standard InChI is InChI=1S/C16H24N4O/c1-2-6-13-11-15(20-14(19-13)7-10-18-20)17-12-16(21)8-4-3-5-9-16/h7,10-11,17,21H,2-6,8-9,12H2,1H3. The Balaban J connectivity index is 1.80. The van der Waals surface area contributed by atoms with Crippen molar-refractivity contribution in [3.63, 3.8) is 0 Å². The second-order valence-corrected chi connectivity index (χ2v) is 6.12. The van der Waals surface area contributed by atoms with E-state index in [1.807, 2.05) is 10.6 Å². The number of fused-ring (bicyclic) bond motifs is 1. The molecule has 0 radical (unpaired) electrons. The highest BCUT2D eigenvalue weighted by Gasteiger charge is 2.29. The van der Waals surface area contributed by atoms with Crippen LogP contribution in [0.25, 0.3) is 5.65 Å². The molecule has 2 N–H and O–H groups in total. The Bertz CT molecular complexity index is 601. The third-order valence-electron chi connectivity index (χ3n) is 4.30. The molecule has 0 saturated heterocycles. The first-order valence-corrected chi connectivity index (χ1v) is 8.00. The average Bonchev–Trinajstić information content (AvgIpc) is 2.94. The summed E-state index contributed by atoms with van der Waals surface area (Å²) in [5.74, 6) is 0.924. The monoisotopic (exact) mass is 288 g/mol. The van der Waals surface area contributed by atoms with Crippen LogP contribution in [0.2, 0.25) is 0 Å². The Morgan fingerprint density at radius 3 is 2.90 bits per heavy atom. The van der Waals surface area contributed by atoms with Gasteiger partial charge in [-0.05, 0) is 19.3 Å². The van der Waals surface area contributed by atoms with Crippen LogP contribution in [-0.2, 0) is 6.42 Å². The van der Waals surface area contributed by atoms with Gasteiger partial charge in [0.2, 0.25) is 0 Å². The van der Waals surface area contributed by atoms with E-state index in [1.54, 1.807) is 6.20 Å². The molecule has 0 amide bonds. The van der Waals surface area contributed by atoms with Gasteiger partial charge in [0.15, 0.2) is 5.65 Å². The molecule has 1 aliphatic rings. The average molecular weight is 288 g/mol. The van der Waals surface area contributed by atoms with Gasteiger partial charge in [-0.1, -0.05) is 32.6 Å². The molecule has 2 aromatic rings. The molecule has 0 aliphatic heterocycles. The molecule has 21 heavy (non-hydrogen) atoms. The van der Waals surface area contributed by atoms with Gasteiger partial charge in [0.25, 0.3) is 0 Å². The lowest BCUT2D eigenvalue weighted by Crippen LogP contribution is -2.39. The van der Waals surface area contributed by atoms with Gasteiger partial charge in [-0.2, -0.15) is 9.61 Å². The maximum Gasteiger partial charge on any atom is 0.157 e. The molecule has 0 atom stereocenters. The fraction of sp³-hybridized carbons (Fsp3) is 0.625. The van der Waals surface area contributed by atoms with E-state index in [1.165, 1.54) is 6.42 Å². The summed E-state index contributed by atoms with van der Waals surface area (Å²) in [6, 6.07) is 3.97. The SMILES string of the molecule is CCCc1cc(NCC2(O)CCCCC2)n2nccc2n1. The summed E-state index contributed by atoms with van der Waals surface area (Å²) in [5, 5.41) is 18.3. The van der Waals surface area contributed by atoms with Gasteiger partial charge in [-0.25, -0.2) is 4.98 Å². The molecule has 1 fully saturated rings. The Hall–Kier alpha value is -1.62. The quantitative estimate of drug-likeness (QED) is 0.888. The van der Waals surface area contributed by atoms with Gasteiger partial charge in [0.05, 0.1) is 11.8 Å². The fourth-order valence-electron chi connectivity index (χ4n) is 3.12. The fourth-order valence-corrected chi connectivity index (χ4v) is 3.12. The van der Waals surface area contributed by atoms with Crippen LogP contribution in [0.1, 0.15) is 51.1 Å². The Morgan fingerprint density at radius 2 is 2.14 bits per heavy atom. The summed E-state index contributed by atoms with van der Waals surface area (Å²) < 4.78 is 1.81. The predicted molar refractivity (Wildman–Crippen MR) is 83.5 cm³/mol. The van der Waals surface area contributed by atoms with Crippen molar-refractivity contribution in [3.8, 4) is 0 Å². The van der Waals surface area contributed by atoms with E-state index in [2.05, 4.69) is 28.4 Å². The molecule has 0 unspecified atom stereocenters. The molecule has 1 saturated carbocycles. The first-order valence-electron chi connectivity index (χ1n) is 8.00. The number of hydrogen-bond acceptors (Lipinski definition) is 4. The van der Waals surface area contributed by atoms with Gasteiger partial charge >= 0.3 is 0 Å². The van der Waals surface area contributed by atoms with Gasteiger partial charge in [-0.3, -0.25) is 0 Å². The second-order valence-electron chi connectivity index (χ2n) is 6.12. The topological polar surface area (TPSA) is 62.5 Å². The number of aromatic nitrogens is 3. The molecular formula is C16H24N4O. The van der Waals surface area contributed by atoms with Crippen molar-refractivity contribution in [2.45, 2.75) is 57.5 Å². The minimum atomic E-state index is -0.577. The number of aliphatic hydroxyl groups is 1. The summed E-state index contributed by atoms with van der Waals surface area (Å²) in [7, 11) is 0. The second kappa shape index (κ2) is 6.02. The van der Waals surface area contributed by atoms with Crippen molar-refractivity contribution in [1.82, 2.24) is 14.6 Å². The van der Waals surface area contributed by atoms with E-state index in [-0.39, 0.29) is 0 Å². The number of nitrogens with zero attached hydrogens (tertiary/aromatic N) is 3. The number of nitrogens with one attached hydrogen (secondary N) is 1. The van der Waals surface area contributed by atoms with Crippen molar-refractivity contribution < 1.29 is 5.11 Å².